The molecule has 1 aliphatic rings. The third kappa shape index (κ3) is 2.58. The summed E-state index contributed by atoms with van der Waals surface area (Å²) in [4.78, 5) is 16.7. The van der Waals surface area contributed by atoms with Gasteiger partial charge in [0.05, 0.1) is 11.1 Å². The quantitative estimate of drug-likeness (QED) is 0.875. The van der Waals surface area contributed by atoms with Crippen LogP contribution in [0.2, 0.25) is 0 Å². The predicted molar refractivity (Wildman–Crippen MR) is 79.0 cm³/mol. The van der Waals surface area contributed by atoms with Crippen LogP contribution in [-0.4, -0.2) is 29.0 Å². The van der Waals surface area contributed by atoms with Crippen molar-refractivity contribution >= 4 is 22.6 Å². The average Bonchev–Trinajstić information content (AvgIpc) is 2.47. The van der Waals surface area contributed by atoms with Crippen molar-refractivity contribution in [3.05, 3.63) is 35.9 Å². The lowest BCUT2D eigenvalue weighted by Crippen LogP contribution is -2.45. The second-order valence-corrected chi connectivity index (χ2v) is 5.10. The Balaban J connectivity index is 1.90. The zero-order chi connectivity index (χ0) is 13.9. The monoisotopic (exact) mass is 270 g/mol. The number of anilines is 1. The van der Waals surface area contributed by atoms with E-state index < -0.39 is 0 Å². The summed E-state index contributed by atoms with van der Waals surface area (Å²) < 4.78 is 0. The highest BCUT2D eigenvalue weighted by atomic mass is 16.2. The molecule has 0 spiro atoms. The Morgan fingerprint density at radius 1 is 1.20 bits per heavy atom. The van der Waals surface area contributed by atoms with E-state index in [2.05, 4.69) is 10.4 Å². The third-order valence-corrected chi connectivity index (χ3v) is 3.60. The molecule has 1 aromatic heterocycles. The van der Waals surface area contributed by atoms with Gasteiger partial charge >= 0.3 is 0 Å². The summed E-state index contributed by atoms with van der Waals surface area (Å²) in [7, 11) is 0. The van der Waals surface area contributed by atoms with Crippen molar-refractivity contribution in [2.24, 2.45) is 0 Å². The van der Waals surface area contributed by atoms with Crippen LogP contribution in [0.1, 0.15) is 29.6 Å². The summed E-state index contributed by atoms with van der Waals surface area (Å²) in [5.41, 5.74) is 10.1. The first-order chi connectivity index (χ1) is 9.74. The van der Waals surface area contributed by atoms with E-state index in [1.54, 1.807) is 6.07 Å². The molecule has 0 saturated carbocycles. The van der Waals surface area contributed by atoms with Gasteiger partial charge in [0.25, 0.3) is 5.91 Å². The first-order valence-electron chi connectivity index (χ1n) is 6.95. The van der Waals surface area contributed by atoms with Crippen molar-refractivity contribution in [3.63, 3.8) is 0 Å². The fraction of sp³-hybridized carbons (Fsp3) is 0.333. The highest BCUT2D eigenvalue weighted by Gasteiger charge is 2.16. The summed E-state index contributed by atoms with van der Waals surface area (Å²) in [6.07, 6.45) is 3.48. The maximum absolute atomic E-state index is 12.4. The maximum Gasteiger partial charge on any atom is 0.266 e. The number of hydrogen-bond donors (Lipinski definition) is 2. The molecule has 104 valence electrons. The number of fused-ring (bicyclic) bond motifs is 1. The number of nitrogens with zero attached hydrogens (tertiary/aromatic N) is 2. The Morgan fingerprint density at radius 2 is 1.95 bits per heavy atom. The van der Waals surface area contributed by atoms with Crippen LogP contribution >= 0.6 is 0 Å². The van der Waals surface area contributed by atoms with Gasteiger partial charge in [0.1, 0.15) is 5.82 Å². The number of rotatable bonds is 2. The van der Waals surface area contributed by atoms with E-state index in [9.17, 15) is 4.79 Å². The van der Waals surface area contributed by atoms with Gasteiger partial charge in [0.15, 0.2) is 0 Å². The molecular formula is C15H18N4O. The molecule has 0 bridgehead atoms. The van der Waals surface area contributed by atoms with Gasteiger partial charge < -0.3 is 5.73 Å². The fourth-order valence-corrected chi connectivity index (χ4v) is 2.59. The molecule has 5 heteroatoms. The van der Waals surface area contributed by atoms with E-state index >= 15 is 0 Å². The van der Waals surface area contributed by atoms with Gasteiger partial charge in [-0.05, 0) is 25.0 Å². The lowest BCUT2D eigenvalue weighted by molar-refractivity contribution is 0.0752. The number of hydrogen-bond acceptors (Lipinski definition) is 4. The van der Waals surface area contributed by atoms with Crippen LogP contribution in [0.3, 0.4) is 0 Å². The predicted octanol–water partition coefficient (Wildman–Crippen LogP) is 1.95. The molecule has 0 atom stereocenters. The second kappa shape index (κ2) is 5.46. The molecule has 1 saturated heterocycles. The van der Waals surface area contributed by atoms with E-state index in [4.69, 9.17) is 5.73 Å². The smallest absolute Gasteiger partial charge is 0.266 e. The van der Waals surface area contributed by atoms with Gasteiger partial charge in [-0.25, -0.2) is 9.99 Å². The largest absolute Gasteiger partial charge is 0.384 e. The number of nitrogens with two attached hydrogens (primary N) is 1. The summed E-state index contributed by atoms with van der Waals surface area (Å²) in [6, 6.07) is 9.19. The molecule has 1 amide bonds. The highest BCUT2D eigenvalue weighted by Crippen LogP contribution is 2.19. The van der Waals surface area contributed by atoms with Crippen molar-refractivity contribution < 1.29 is 4.79 Å². The second-order valence-electron chi connectivity index (χ2n) is 5.10. The maximum atomic E-state index is 12.4. The number of pyridine rings is 1. The first-order valence-corrected chi connectivity index (χ1v) is 6.95. The molecule has 0 unspecified atom stereocenters. The SMILES string of the molecule is Nc1cc(C(=O)NN2CCCCC2)c2ccccc2n1. The number of carbonyl (C=O) groups excluding carboxylic acids is 1. The number of nitrogens with one attached hydrogen (secondary N) is 1. The Hall–Kier alpha value is -2.14. The zero-order valence-corrected chi connectivity index (χ0v) is 11.3. The molecule has 1 aromatic carbocycles. The number of carbonyl (C=O) groups is 1. The molecular weight excluding hydrogens is 252 g/mol. The van der Waals surface area contributed by atoms with E-state index in [-0.39, 0.29) is 5.91 Å². The zero-order valence-electron chi connectivity index (χ0n) is 11.3. The number of nitrogen functional groups attached to an aromatic ring is 1. The average molecular weight is 270 g/mol. The lowest BCUT2D eigenvalue weighted by atomic mass is 10.1. The number of benzene rings is 1. The van der Waals surface area contributed by atoms with Crippen molar-refractivity contribution in [1.82, 2.24) is 15.4 Å². The van der Waals surface area contributed by atoms with Crippen LogP contribution < -0.4 is 11.2 Å². The number of hydrazine groups is 1. The first kappa shape index (κ1) is 12.9. The number of piperidine rings is 1. The molecule has 2 heterocycles. The summed E-state index contributed by atoms with van der Waals surface area (Å²) in [5, 5.41) is 2.81. The molecule has 0 aliphatic carbocycles. The number of aromatic nitrogens is 1. The van der Waals surface area contributed by atoms with Gasteiger partial charge in [-0.15, -0.1) is 0 Å². The summed E-state index contributed by atoms with van der Waals surface area (Å²) in [6.45, 7) is 1.81. The van der Waals surface area contributed by atoms with Crippen LogP contribution in [0.5, 0.6) is 0 Å². The fourth-order valence-electron chi connectivity index (χ4n) is 2.59. The van der Waals surface area contributed by atoms with Crippen LogP contribution in [0.4, 0.5) is 5.82 Å². The number of amides is 1. The molecule has 3 N–H and O–H groups in total. The Labute approximate surface area is 117 Å². The van der Waals surface area contributed by atoms with E-state index in [0.29, 0.717) is 11.4 Å². The highest BCUT2D eigenvalue weighted by molar-refractivity contribution is 6.06. The molecule has 2 aromatic rings. The molecule has 1 aliphatic heterocycles. The van der Waals surface area contributed by atoms with E-state index in [0.717, 1.165) is 36.8 Å². The Morgan fingerprint density at radius 3 is 2.75 bits per heavy atom. The van der Waals surface area contributed by atoms with Crippen LogP contribution in [-0.2, 0) is 0 Å². The molecule has 3 rings (SSSR count). The minimum absolute atomic E-state index is 0.114. The minimum Gasteiger partial charge on any atom is -0.384 e. The summed E-state index contributed by atoms with van der Waals surface area (Å²) >= 11 is 0. The van der Waals surface area contributed by atoms with Crippen molar-refractivity contribution in [1.29, 1.82) is 0 Å². The lowest BCUT2D eigenvalue weighted by Gasteiger charge is -2.27. The van der Waals surface area contributed by atoms with Gasteiger partial charge in [0, 0.05) is 18.5 Å². The molecule has 1 fully saturated rings. The van der Waals surface area contributed by atoms with Crippen molar-refractivity contribution in [3.8, 4) is 0 Å². The van der Waals surface area contributed by atoms with Crippen molar-refractivity contribution in [2.45, 2.75) is 19.3 Å². The van der Waals surface area contributed by atoms with Crippen LogP contribution in [0.15, 0.2) is 30.3 Å². The van der Waals surface area contributed by atoms with Gasteiger partial charge in [0.2, 0.25) is 0 Å². The van der Waals surface area contributed by atoms with E-state index in [1.165, 1.54) is 6.42 Å². The topological polar surface area (TPSA) is 71.2 Å². The van der Waals surface area contributed by atoms with Gasteiger partial charge in [-0.3, -0.25) is 10.2 Å². The third-order valence-electron chi connectivity index (χ3n) is 3.60. The van der Waals surface area contributed by atoms with Gasteiger partial charge in [-0.2, -0.15) is 0 Å². The normalized spacial score (nSPS) is 16.2. The van der Waals surface area contributed by atoms with E-state index in [1.807, 2.05) is 29.3 Å². The van der Waals surface area contributed by atoms with Crippen LogP contribution in [0.25, 0.3) is 10.9 Å². The Bertz CT molecular complexity index is 635. The van der Waals surface area contributed by atoms with Gasteiger partial charge in [-0.1, -0.05) is 24.6 Å². The number of para-hydroxylation sites is 1. The summed E-state index contributed by atoms with van der Waals surface area (Å²) in [5.74, 6) is 0.254. The minimum atomic E-state index is -0.114. The standard InChI is InChI=1S/C15H18N4O/c16-14-10-12(11-6-2-3-7-13(11)17-14)15(20)18-19-8-4-1-5-9-19/h2-3,6-7,10H,1,4-5,8-9H2,(H2,16,17)(H,18,20). The molecule has 5 nitrogen and oxygen atoms in total. The van der Waals surface area contributed by atoms with Crippen LogP contribution in [0, 0.1) is 0 Å². The molecule has 0 radical (unpaired) electrons. The van der Waals surface area contributed by atoms with Crippen molar-refractivity contribution in [2.75, 3.05) is 18.8 Å². The molecule has 20 heavy (non-hydrogen) atoms. The Kier molecular flexibility index (Phi) is 3.52.